The van der Waals surface area contributed by atoms with Gasteiger partial charge in [-0.3, -0.25) is 4.90 Å². The molecule has 2 aromatic rings. The molecule has 0 spiro atoms. The molecule has 1 fully saturated rings. The minimum atomic E-state index is -0.227. The van der Waals surface area contributed by atoms with E-state index in [0.717, 1.165) is 60.5 Å². The number of piperazine rings is 1. The Labute approximate surface area is 171 Å². The van der Waals surface area contributed by atoms with Gasteiger partial charge in [0.15, 0.2) is 5.11 Å². The van der Waals surface area contributed by atoms with Crippen molar-refractivity contribution in [3.63, 3.8) is 0 Å². The second-order valence-electron chi connectivity index (χ2n) is 6.73. The molecule has 0 unspecified atom stereocenters. The maximum atomic E-state index is 13.0. The van der Waals surface area contributed by atoms with Gasteiger partial charge in [-0.05, 0) is 48.1 Å². The Kier molecular flexibility index (Phi) is 7.06. The fourth-order valence-corrected chi connectivity index (χ4v) is 3.50. The van der Waals surface area contributed by atoms with E-state index in [1.807, 2.05) is 18.2 Å². The summed E-state index contributed by atoms with van der Waals surface area (Å²) in [6.07, 6.45) is 0. The van der Waals surface area contributed by atoms with Crippen molar-refractivity contribution in [2.24, 2.45) is 0 Å². The third-order valence-corrected chi connectivity index (χ3v) is 5.30. The molecule has 2 aromatic carbocycles. The molecule has 0 aromatic heterocycles. The SMILES string of the molecule is COc1ccc(OC)c(CN2CCN(C(=S)NCc3ccc(F)cc3)CC2)c1. The fourth-order valence-electron chi connectivity index (χ4n) is 3.25. The number of methoxy groups -OCH3 is 2. The van der Waals surface area contributed by atoms with E-state index >= 15 is 0 Å². The average Bonchev–Trinajstić information content (AvgIpc) is 2.73. The van der Waals surface area contributed by atoms with Gasteiger partial charge >= 0.3 is 0 Å². The Hall–Kier alpha value is -2.38. The van der Waals surface area contributed by atoms with Crippen molar-refractivity contribution in [1.82, 2.24) is 15.1 Å². The summed E-state index contributed by atoms with van der Waals surface area (Å²) >= 11 is 5.53. The number of thiocarbonyl (C=S) groups is 1. The molecule has 0 aliphatic carbocycles. The molecule has 1 saturated heterocycles. The zero-order valence-electron chi connectivity index (χ0n) is 16.3. The number of hydrogen-bond donors (Lipinski definition) is 1. The highest BCUT2D eigenvalue weighted by Crippen LogP contribution is 2.25. The summed E-state index contributed by atoms with van der Waals surface area (Å²) in [5, 5.41) is 4.00. The van der Waals surface area contributed by atoms with E-state index in [9.17, 15) is 4.39 Å². The zero-order chi connectivity index (χ0) is 19.9. The molecule has 1 heterocycles. The Bertz CT molecular complexity index is 793. The zero-order valence-corrected chi connectivity index (χ0v) is 17.1. The van der Waals surface area contributed by atoms with Gasteiger partial charge in [0, 0.05) is 44.8 Å². The highest BCUT2D eigenvalue weighted by molar-refractivity contribution is 7.80. The largest absolute Gasteiger partial charge is 0.497 e. The molecule has 1 aliphatic rings. The van der Waals surface area contributed by atoms with Crippen LogP contribution in [0.15, 0.2) is 42.5 Å². The number of benzene rings is 2. The summed E-state index contributed by atoms with van der Waals surface area (Å²) in [6.45, 7) is 4.96. The third-order valence-electron chi connectivity index (χ3n) is 4.90. The van der Waals surface area contributed by atoms with Crippen LogP contribution in [-0.4, -0.2) is 55.3 Å². The molecule has 0 radical (unpaired) electrons. The summed E-state index contributed by atoms with van der Waals surface area (Å²) in [5.41, 5.74) is 2.12. The van der Waals surface area contributed by atoms with Gasteiger partial charge in [-0.15, -0.1) is 0 Å². The molecular formula is C21H26FN3O2S. The number of nitrogens with zero attached hydrogens (tertiary/aromatic N) is 2. The summed E-state index contributed by atoms with van der Waals surface area (Å²) < 4.78 is 23.8. The van der Waals surface area contributed by atoms with Crippen molar-refractivity contribution in [2.75, 3.05) is 40.4 Å². The lowest BCUT2D eigenvalue weighted by Crippen LogP contribution is -2.51. The molecule has 0 saturated carbocycles. The van der Waals surface area contributed by atoms with Crippen molar-refractivity contribution in [1.29, 1.82) is 0 Å². The predicted molar refractivity (Wildman–Crippen MR) is 112 cm³/mol. The number of halogens is 1. The van der Waals surface area contributed by atoms with E-state index in [0.29, 0.717) is 6.54 Å². The highest BCUT2D eigenvalue weighted by Gasteiger charge is 2.20. The smallest absolute Gasteiger partial charge is 0.169 e. The molecule has 150 valence electrons. The first kappa shape index (κ1) is 20.4. The van der Waals surface area contributed by atoms with Crippen LogP contribution in [0.1, 0.15) is 11.1 Å². The summed E-state index contributed by atoms with van der Waals surface area (Å²) in [6, 6.07) is 12.3. The van der Waals surface area contributed by atoms with Gasteiger partial charge in [0.1, 0.15) is 17.3 Å². The highest BCUT2D eigenvalue weighted by atomic mass is 32.1. The lowest BCUT2D eigenvalue weighted by atomic mass is 10.1. The number of ether oxygens (including phenoxy) is 2. The van der Waals surface area contributed by atoms with E-state index in [1.165, 1.54) is 12.1 Å². The van der Waals surface area contributed by atoms with E-state index in [-0.39, 0.29) is 5.82 Å². The van der Waals surface area contributed by atoms with Gasteiger partial charge in [0.05, 0.1) is 14.2 Å². The van der Waals surface area contributed by atoms with Gasteiger partial charge in [-0.2, -0.15) is 0 Å². The Morgan fingerprint density at radius 1 is 1.04 bits per heavy atom. The van der Waals surface area contributed by atoms with Crippen LogP contribution in [0.3, 0.4) is 0 Å². The van der Waals surface area contributed by atoms with Crippen LogP contribution < -0.4 is 14.8 Å². The van der Waals surface area contributed by atoms with Crippen LogP contribution in [0.2, 0.25) is 0 Å². The van der Waals surface area contributed by atoms with Crippen LogP contribution in [-0.2, 0) is 13.1 Å². The number of nitrogens with one attached hydrogen (secondary N) is 1. The predicted octanol–water partition coefficient (Wildman–Crippen LogP) is 3.04. The van der Waals surface area contributed by atoms with Crippen LogP contribution in [0, 0.1) is 5.82 Å². The fraction of sp³-hybridized carbons (Fsp3) is 0.381. The van der Waals surface area contributed by atoms with Crippen molar-refractivity contribution in [3.05, 3.63) is 59.4 Å². The molecule has 0 atom stereocenters. The summed E-state index contributed by atoms with van der Waals surface area (Å²) in [7, 11) is 3.36. The summed E-state index contributed by atoms with van der Waals surface area (Å²) in [4.78, 5) is 4.56. The Balaban J connectivity index is 1.49. The molecule has 0 bridgehead atoms. The molecular weight excluding hydrogens is 377 g/mol. The van der Waals surface area contributed by atoms with Gasteiger partial charge in [-0.25, -0.2) is 4.39 Å². The molecule has 1 aliphatic heterocycles. The maximum Gasteiger partial charge on any atom is 0.169 e. The topological polar surface area (TPSA) is 37.0 Å². The van der Waals surface area contributed by atoms with E-state index in [4.69, 9.17) is 21.7 Å². The molecule has 3 rings (SSSR count). The number of hydrogen-bond acceptors (Lipinski definition) is 4. The van der Waals surface area contributed by atoms with Crippen molar-refractivity contribution in [3.8, 4) is 11.5 Å². The third kappa shape index (κ3) is 5.33. The average molecular weight is 404 g/mol. The molecule has 5 nitrogen and oxygen atoms in total. The van der Waals surface area contributed by atoms with Crippen LogP contribution >= 0.6 is 12.2 Å². The van der Waals surface area contributed by atoms with E-state index < -0.39 is 0 Å². The molecule has 7 heteroatoms. The standard InChI is InChI=1S/C21H26FN3O2S/c1-26-19-7-8-20(27-2)17(13-19)15-24-9-11-25(12-10-24)21(28)23-14-16-3-5-18(22)6-4-16/h3-8,13H,9-12,14-15H2,1-2H3,(H,23,28). The first-order valence-corrected chi connectivity index (χ1v) is 9.70. The lowest BCUT2D eigenvalue weighted by molar-refractivity contribution is 0.173. The minimum Gasteiger partial charge on any atom is -0.497 e. The second-order valence-corrected chi connectivity index (χ2v) is 7.11. The van der Waals surface area contributed by atoms with Gasteiger partial charge < -0.3 is 19.7 Å². The molecule has 1 N–H and O–H groups in total. The Morgan fingerprint density at radius 2 is 1.75 bits per heavy atom. The van der Waals surface area contributed by atoms with Gasteiger partial charge in [-0.1, -0.05) is 12.1 Å². The Morgan fingerprint density at radius 3 is 2.39 bits per heavy atom. The van der Waals surface area contributed by atoms with Gasteiger partial charge in [0.2, 0.25) is 0 Å². The lowest BCUT2D eigenvalue weighted by Gasteiger charge is -2.36. The first-order valence-electron chi connectivity index (χ1n) is 9.29. The van der Waals surface area contributed by atoms with E-state index in [1.54, 1.807) is 26.4 Å². The maximum absolute atomic E-state index is 13.0. The molecule has 28 heavy (non-hydrogen) atoms. The first-order chi connectivity index (χ1) is 13.6. The monoisotopic (exact) mass is 403 g/mol. The minimum absolute atomic E-state index is 0.227. The van der Waals surface area contributed by atoms with Crippen LogP contribution in [0.5, 0.6) is 11.5 Å². The van der Waals surface area contributed by atoms with Crippen molar-refractivity contribution in [2.45, 2.75) is 13.1 Å². The second kappa shape index (κ2) is 9.71. The van der Waals surface area contributed by atoms with Crippen molar-refractivity contribution < 1.29 is 13.9 Å². The van der Waals surface area contributed by atoms with E-state index in [2.05, 4.69) is 15.1 Å². The van der Waals surface area contributed by atoms with Crippen LogP contribution in [0.25, 0.3) is 0 Å². The van der Waals surface area contributed by atoms with Gasteiger partial charge in [0.25, 0.3) is 0 Å². The van der Waals surface area contributed by atoms with Crippen LogP contribution in [0.4, 0.5) is 4.39 Å². The molecule has 0 amide bonds. The normalized spacial score (nSPS) is 14.6. The summed E-state index contributed by atoms with van der Waals surface area (Å²) in [5.74, 6) is 1.48. The van der Waals surface area contributed by atoms with Crippen molar-refractivity contribution >= 4 is 17.3 Å². The number of rotatable bonds is 6. The quantitative estimate of drug-likeness (QED) is 0.748.